The van der Waals surface area contributed by atoms with E-state index in [1.807, 2.05) is 0 Å². The predicted octanol–water partition coefficient (Wildman–Crippen LogP) is 0.266. The fraction of sp³-hybridized carbons (Fsp3) is 0.818. The van der Waals surface area contributed by atoms with E-state index in [4.69, 9.17) is 24.7 Å². The summed E-state index contributed by atoms with van der Waals surface area (Å²) in [4.78, 5) is 15.1. The molecule has 7 nitrogen and oxygen atoms in total. The maximum atomic E-state index is 10.9. The first-order valence-electron chi connectivity index (χ1n) is 6.02. The van der Waals surface area contributed by atoms with Crippen molar-refractivity contribution in [1.82, 2.24) is 0 Å². The molecule has 8 heteroatoms. The summed E-state index contributed by atoms with van der Waals surface area (Å²) in [5.74, 6) is -0.564. The molecule has 1 atom stereocenters. The van der Waals surface area contributed by atoms with Crippen LogP contribution >= 0.6 is 0 Å². The molecule has 112 valence electrons. The first-order chi connectivity index (χ1) is 8.72. The van der Waals surface area contributed by atoms with Crippen LogP contribution in [0.25, 0.3) is 0 Å². The maximum absolute atomic E-state index is 10.9. The second kappa shape index (κ2) is 7.71. The normalized spacial score (nSPS) is 16.2. The molecular formula is C11H25N3O4Si. The van der Waals surface area contributed by atoms with Crippen LogP contribution in [0.1, 0.15) is 26.7 Å². The Morgan fingerprint density at radius 3 is 2.11 bits per heavy atom. The smallest absolute Gasteiger partial charge is 0.377 e. The third kappa shape index (κ3) is 6.26. The standard InChI is InChI=1S/C11H25N3O4Si/c1-9(10(12)15)14-11(2,13)7-6-8-19(16-3,17-4)18-5/h6-8,13H2,1-5H3,(H2,12,15). The van der Waals surface area contributed by atoms with Gasteiger partial charge in [-0.2, -0.15) is 0 Å². The summed E-state index contributed by atoms with van der Waals surface area (Å²) in [5, 5.41) is 0. The highest BCUT2D eigenvalue weighted by Gasteiger charge is 2.37. The molecule has 0 aromatic carbocycles. The molecule has 0 spiro atoms. The highest BCUT2D eigenvalue weighted by atomic mass is 28.4. The Bertz CT molecular complexity index is 322. The van der Waals surface area contributed by atoms with Gasteiger partial charge < -0.3 is 24.7 Å². The molecule has 1 unspecified atom stereocenters. The lowest BCUT2D eigenvalue weighted by molar-refractivity contribution is -0.112. The number of primary amides is 1. The lowest BCUT2D eigenvalue weighted by Gasteiger charge is -2.26. The lowest BCUT2D eigenvalue weighted by Crippen LogP contribution is -2.43. The zero-order chi connectivity index (χ0) is 15.1. The van der Waals surface area contributed by atoms with Gasteiger partial charge in [0.05, 0.1) is 5.71 Å². The van der Waals surface area contributed by atoms with Gasteiger partial charge in [0.25, 0.3) is 5.91 Å². The van der Waals surface area contributed by atoms with Gasteiger partial charge in [0, 0.05) is 27.4 Å². The largest absolute Gasteiger partial charge is 0.500 e. The van der Waals surface area contributed by atoms with Gasteiger partial charge in [0.1, 0.15) is 5.66 Å². The summed E-state index contributed by atoms with van der Waals surface area (Å²) >= 11 is 0. The monoisotopic (exact) mass is 291 g/mol. The Labute approximate surface area is 115 Å². The summed E-state index contributed by atoms with van der Waals surface area (Å²) in [6.45, 7) is 3.29. The Morgan fingerprint density at radius 1 is 1.26 bits per heavy atom. The van der Waals surface area contributed by atoms with Crippen LogP contribution in [0.3, 0.4) is 0 Å². The fourth-order valence-corrected chi connectivity index (χ4v) is 3.44. The van der Waals surface area contributed by atoms with Crippen LogP contribution < -0.4 is 11.5 Å². The second-order valence-corrected chi connectivity index (χ2v) is 7.66. The number of carbonyl (C=O) groups excluding carboxylic acids is 1. The summed E-state index contributed by atoms with van der Waals surface area (Å²) in [7, 11) is 2.12. The zero-order valence-corrected chi connectivity index (χ0v) is 13.4. The Hall–Kier alpha value is -0.803. The van der Waals surface area contributed by atoms with Crippen molar-refractivity contribution in [3.63, 3.8) is 0 Å². The van der Waals surface area contributed by atoms with Gasteiger partial charge in [0.2, 0.25) is 0 Å². The molecule has 0 fully saturated rings. The zero-order valence-electron chi connectivity index (χ0n) is 12.4. The van der Waals surface area contributed by atoms with Crippen LogP contribution in [-0.2, 0) is 18.1 Å². The van der Waals surface area contributed by atoms with Gasteiger partial charge in [-0.3, -0.25) is 9.79 Å². The van der Waals surface area contributed by atoms with E-state index in [1.165, 1.54) is 0 Å². The van der Waals surface area contributed by atoms with Crippen molar-refractivity contribution in [2.24, 2.45) is 16.5 Å². The Kier molecular flexibility index (Phi) is 7.38. The van der Waals surface area contributed by atoms with Crippen molar-refractivity contribution >= 4 is 20.4 Å². The van der Waals surface area contributed by atoms with Gasteiger partial charge in [0.15, 0.2) is 0 Å². The molecule has 0 aromatic rings. The molecule has 1 amide bonds. The molecule has 0 aliphatic heterocycles. The fourth-order valence-electron chi connectivity index (χ4n) is 1.71. The van der Waals surface area contributed by atoms with E-state index in [0.29, 0.717) is 18.9 Å². The maximum Gasteiger partial charge on any atom is 0.500 e. The average molecular weight is 291 g/mol. The van der Waals surface area contributed by atoms with Crippen molar-refractivity contribution in [3.8, 4) is 0 Å². The van der Waals surface area contributed by atoms with Crippen molar-refractivity contribution in [2.45, 2.75) is 38.4 Å². The second-order valence-electron chi connectivity index (χ2n) is 4.57. The number of hydrogen-bond acceptors (Lipinski definition) is 6. The quantitative estimate of drug-likeness (QED) is 0.468. The topological polar surface area (TPSA) is 109 Å². The molecule has 0 heterocycles. The first-order valence-corrected chi connectivity index (χ1v) is 7.95. The van der Waals surface area contributed by atoms with Gasteiger partial charge in [-0.05, 0) is 26.7 Å². The van der Waals surface area contributed by atoms with Crippen molar-refractivity contribution in [1.29, 1.82) is 0 Å². The average Bonchev–Trinajstić information content (AvgIpc) is 2.34. The van der Waals surface area contributed by atoms with E-state index in [2.05, 4.69) is 4.99 Å². The van der Waals surface area contributed by atoms with Gasteiger partial charge in [-0.25, -0.2) is 0 Å². The number of aliphatic imine (C=N–C) groups is 1. The first kappa shape index (κ1) is 18.2. The summed E-state index contributed by atoms with van der Waals surface area (Å²) in [6, 6.07) is 0.633. The molecule has 0 saturated carbocycles. The van der Waals surface area contributed by atoms with Crippen LogP contribution in [0.2, 0.25) is 6.04 Å². The molecule has 0 radical (unpaired) electrons. The Balaban J connectivity index is 4.48. The van der Waals surface area contributed by atoms with E-state index in [-0.39, 0.29) is 5.71 Å². The SMILES string of the molecule is CO[Si](CCCC(C)(N)N=C(C)C(N)=O)(OC)OC. The highest BCUT2D eigenvalue weighted by Crippen LogP contribution is 2.20. The third-order valence-corrected chi connectivity index (χ3v) is 5.71. The number of amides is 1. The van der Waals surface area contributed by atoms with Gasteiger partial charge in [-0.15, -0.1) is 0 Å². The van der Waals surface area contributed by atoms with Gasteiger partial charge in [-0.1, -0.05) is 0 Å². The van der Waals surface area contributed by atoms with Crippen molar-refractivity contribution in [2.75, 3.05) is 21.3 Å². The van der Waals surface area contributed by atoms with E-state index >= 15 is 0 Å². The molecule has 0 saturated heterocycles. The molecule has 0 bridgehead atoms. The lowest BCUT2D eigenvalue weighted by atomic mass is 10.1. The number of hydrogen-bond donors (Lipinski definition) is 2. The number of nitrogens with zero attached hydrogens (tertiary/aromatic N) is 1. The van der Waals surface area contributed by atoms with Crippen LogP contribution in [0.4, 0.5) is 0 Å². The van der Waals surface area contributed by atoms with E-state index in [1.54, 1.807) is 35.2 Å². The summed E-state index contributed by atoms with van der Waals surface area (Å²) < 4.78 is 15.9. The molecule has 19 heavy (non-hydrogen) atoms. The van der Waals surface area contributed by atoms with Crippen molar-refractivity contribution < 1.29 is 18.1 Å². The van der Waals surface area contributed by atoms with E-state index in [9.17, 15) is 4.79 Å². The minimum absolute atomic E-state index is 0.221. The highest BCUT2D eigenvalue weighted by molar-refractivity contribution is 6.60. The molecular weight excluding hydrogens is 266 g/mol. The minimum Gasteiger partial charge on any atom is -0.377 e. The van der Waals surface area contributed by atoms with Crippen LogP contribution in [-0.4, -0.2) is 47.4 Å². The number of carbonyl (C=O) groups is 1. The minimum atomic E-state index is -2.57. The number of nitrogens with two attached hydrogens (primary N) is 2. The van der Waals surface area contributed by atoms with Gasteiger partial charge >= 0.3 is 8.80 Å². The van der Waals surface area contributed by atoms with Crippen LogP contribution in [0, 0.1) is 0 Å². The molecule has 0 aliphatic rings. The molecule has 0 aliphatic carbocycles. The Morgan fingerprint density at radius 2 is 1.74 bits per heavy atom. The van der Waals surface area contributed by atoms with Crippen molar-refractivity contribution in [3.05, 3.63) is 0 Å². The summed E-state index contributed by atoms with van der Waals surface area (Å²) in [6.07, 6.45) is 1.28. The van der Waals surface area contributed by atoms with E-state index in [0.717, 1.165) is 0 Å². The van der Waals surface area contributed by atoms with Crippen LogP contribution in [0.15, 0.2) is 4.99 Å². The van der Waals surface area contributed by atoms with Crippen LogP contribution in [0.5, 0.6) is 0 Å². The molecule has 0 rings (SSSR count). The third-order valence-electron chi connectivity index (χ3n) is 2.88. The van der Waals surface area contributed by atoms with E-state index < -0.39 is 20.4 Å². The molecule has 0 aromatic heterocycles. The molecule has 4 N–H and O–H groups in total. The summed E-state index contributed by atoms with van der Waals surface area (Å²) in [5.41, 5.74) is 10.5. The predicted molar refractivity (Wildman–Crippen MR) is 75.7 cm³/mol. The number of rotatable bonds is 9.